The zero-order valence-corrected chi connectivity index (χ0v) is 11.9. The van der Waals surface area contributed by atoms with Crippen molar-refractivity contribution in [2.24, 2.45) is 0 Å². The summed E-state index contributed by atoms with van der Waals surface area (Å²) < 4.78 is 0. The Kier molecular flexibility index (Phi) is 3.41. The van der Waals surface area contributed by atoms with Gasteiger partial charge in [0.15, 0.2) is 5.78 Å². The van der Waals surface area contributed by atoms with E-state index in [4.69, 9.17) is 0 Å². The lowest BCUT2D eigenvalue weighted by Gasteiger charge is -2.26. The number of carbonyl (C=O) groups excluding carboxylic acids is 1. The molecule has 0 aromatic heterocycles. The summed E-state index contributed by atoms with van der Waals surface area (Å²) in [6.45, 7) is 4.89. The minimum absolute atomic E-state index is 0.179. The van der Waals surface area contributed by atoms with Gasteiger partial charge in [-0.05, 0) is 43.0 Å². The van der Waals surface area contributed by atoms with E-state index in [2.05, 4.69) is 17.4 Å². The first-order valence-corrected chi connectivity index (χ1v) is 7.09. The number of nitrogens with one attached hydrogen (secondary N) is 1. The number of fused-ring (bicyclic) bond motifs is 1. The van der Waals surface area contributed by atoms with Gasteiger partial charge in [0.25, 0.3) is 0 Å². The van der Waals surface area contributed by atoms with Crippen LogP contribution in [0, 0.1) is 13.8 Å². The average molecular weight is 265 g/mol. The summed E-state index contributed by atoms with van der Waals surface area (Å²) in [5.74, 6) is 0.179. The van der Waals surface area contributed by atoms with Gasteiger partial charge in [0.2, 0.25) is 0 Å². The highest BCUT2D eigenvalue weighted by molar-refractivity contribution is 6.02. The predicted octanol–water partition coefficient (Wildman–Crippen LogP) is 3.37. The van der Waals surface area contributed by atoms with Gasteiger partial charge in [-0.2, -0.15) is 0 Å². The van der Waals surface area contributed by atoms with Gasteiger partial charge in [-0.1, -0.05) is 42.0 Å². The third-order valence-corrected chi connectivity index (χ3v) is 4.03. The van der Waals surface area contributed by atoms with Crippen molar-refractivity contribution >= 4 is 5.78 Å². The van der Waals surface area contributed by atoms with Crippen molar-refractivity contribution in [3.05, 3.63) is 70.3 Å². The molecule has 1 unspecified atom stereocenters. The summed E-state index contributed by atoms with van der Waals surface area (Å²) in [4.78, 5) is 12.9. The fraction of sp³-hybridized carbons (Fsp3) is 0.278. The zero-order valence-electron chi connectivity index (χ0n) is 11.9. The predicted molar refractivity (Wildman–Crippen MR) is 81.1 cm³/mol. The highest BCUT2D eigenvalue weighted by atomic mass is 16.1. The van der Waals surface area contributed by atoms with Gasteiger partial charge in [-0.3, -0.25) is 4.79 Å². The van der Waals surface area contributed by atoms with E-state index in [1.54, 1.807) is 0 Å². The van der Waals surface area contributed by atoms with Crippen LogP contribution in [0.25, 0.3) is 0 Å². The first kappa shape index (κ1) is 13.1. The molecule has 2 aromatic rings. The zero-order chi connectivity index (χ0) is 14.1. The van der Waals surface area contributed by atoms with Gasteiger partial charge in [-0.15, -0.1) is 0 Å². The van der Waals surface area contributed by atoms with Crippen LogP contribution in [0.5, 0.6) is 0 Å². The van der Waals surface area contributed by atoms with Gasteiger partial charge in [0.05, 0.1) is 6.04 Å². The molecule has 3 rings (SSSR count). The van der Waals surface area contributed by atoms with Crippen molar-refractivity contribution in [3.63, 3.8) is 0 Å². The number of ketones is 1. The van der Waals surface area contributed by atoms with E-state index in [1.807, 2.05) is 44.2 Å². The number of benzene rings is 2. The molecule has 0 amide bonds. The normalized spacial score (nSPS) is 17.6. The number of rotatable bonds is 2. The minimum Gasteiger partial charge on any atom is -0.303 e. The summed E-state index contributed by atoms with van der Waals surface area (Å²) in [5, 5.41) is 3.37. The summed E-state index contributed by atoms with van der Waals surface area (Å²) in [7, 11) is 0. The van der Waals surface area contributed by atoms with Crippen LogP contribution in [0.15, 0.2) is 42.5 Å². The summed E-state index contributed by atoms with van der Waals surface area (Å²) in [5.41, 5.74) is 5.42. The molecular formula is C18H19NO. The number of Topliss-reactive ketones (excluding diaryl/α,β-unsaturated/α-hetero) is 1. The molecule has 0 saturated carbocycles. The molecule has 0 saturated heterocycles. The molecule has 2 aromatic carbocycles. The van der Waals surface area contributed by atoms with Crippen LogP contribution < -0.4 is 5.32 Å². The average Bonchev–Trinajstić information content (AvgIpc) is 2.48. The van der Waals surface area contributed by atoms with Crippen LogP contribution in [-0.2, 0) is 6.42 Å². The molecule has 1 aliphatic heterocycles. The first-order chi connectivity index (χ1) is 9.66. The van der Waals surface area contributed by atoms with E-state index < -0.39 is 0 Å². The molecule has 2 heteroatoms. The molecule has 0 radical (unpaired) electrons. The molecule has 20 heavy (non-hydrogen) atoms. The Bertz CT molecular complexity index is 660. The van der Waals surface area contributed by atoms with E-state index in [-0.39, 0.29) is 11.8 Å². The quantitative estimate of drug-likeness (QED) is 0.843. The van der Waals surface area contributed by atoms with Crippen LogP contribution in [0.4, 0.5) is 0 Å². The Morgan fingerprint density at radius 2 is 1.95 bits per heavy atom. The maximum Gasteiger partial charge on any atom is 0.184 e. The van der Waals surface area contributed by atoms with Crippen molar-refractivity contribution in [1.29, 1.82) is 0 Å². The second kappa shape index (κ2) is 5.22. The SMILES string of the molecule is Cc1ccc(C)c(C(=O)C2NCCc3ccccc32)c1. The molecule has 2 nitrogen and oxygen atoms in total. The van der Waals surface area contributed by atoms with Crippen molar-refractivity contribution in [3.8, 4) is 0 Å². The first-order valence-electron chi connectivity index (χ1n) is 7.09. The van der Waals surface area contributed by atoms with E-state index in [0.717, 1.165) is 35.2 Å². The highest BCUT2D eigenvalue weighted by Crippen LogP contribution is 2.27. The Labute approximate surface area is 119 Å². The minimum atomic E-state index is -0.208. The third-order valence-electron chi connectivity index (χ3n) is 4.03. The van der Waals surface area contributed by atoms with E-state index in [9.17, 15) is 4.79 Å². The molecule has 1 N–H and O–H groups in total. The lowest BCUT2D eigenvalue weighted by Crippen LogP contribution is -2.35. The largest absolute Gasteiger partial charge is 0.303 e. The summed E-state index contributed by atoms with van der Waals surface area (Å²) >= 11 is 0. The summed E-state index contributed by atoms with van der Waals surface area (Å²) in [6.07, 6.45) is 0.993. The Balaban J connectivity index is 2.02. The molecule has 1 aliphatic rings. The molecule has 0 spiro atoms. The molecule has 1 heterocycles. The van der Waals surface area contributed by atoms with Crippen LogP contribution in [0.2, 0.25) is 0 Å². The molecular weight excluding hydrogens is 246 g/mol. The number of carbonyl (C=O) groups is 1. The van der Waals surface area contributed by atoms with E-state index >= 15 is 0 Å². The van der Waals surface area contributed by atoms with E-state index in [0.29, 0.717) is 0 Å². The maximum atomic E-state index is 12.9. The van der Waals surface area contributed by atoms with Gasteiger partial charge in [0.1, 0.15) is 0 Å². The standard InChI is InChI=1S/C18H19NO/c1-12-7-8-13(2)16(11-12)18(20)17-15-6-4-3-5-14(15)9-10-19-17/h3-8,11,17,19H,9-10H2,1-2H3. The van der Waals surface area contributed by atoms with Gasteiger partial charge in [-0.25, -0.2) is 0 Å². The fourth-order valence-electron chi connectivity index (χ4n) is 2.90. The van der Waals surface area contributed by atoms with Gasteiger partial charge < -0.3 is 5.32 Å². The van der Waals surface area contributed by atoms with Gasteiger partial charge in [0, 0.05) is 12.1 Å². The lowest BCUT2D eigenvalue weighted by atomic mass is 9.88. The monoisotopic (exact) mass is 265 g/mol. The fourth-order valence-corrected chi connectivity index (χ4v) is 2.90. The number of aryl methyl sites for hydroxylation is 2. The van der Waals surface area contributed by atoms with E-state index in [1.165, 1.54) is 5.56 Å². The Hall–Kier alpha value is -1.93. The lowest BCUT2D eigenvalue weighted by molar-refractivity contribution is 0.0939. The number of hydrogen-bond donors (Lipinski definition) is 1. The molecule has 1 atom stereocenters. The topological polar surface area (TPSA) is 29.1 Å². The number of hydrogen-bond acceptors (Lipinski definition) is 2. The smallest absolute Gasteiger partial charge is 0.184 e. The van der Waals surface area contributed by atoms with Crippen molar-refractivity contribution in [1.82, 2.24) is 5.32 Å². The van der Waals surface area contributed by atoms with Crippen LogP contribution in [0.3, 0.4) is 0 Å². The van der Waals surface area contributed by atoms with Crippen molar-refractivity contribution in [2.75, 3.05) is 6.54 Å². The second-order valence-corrected chi connectivity index (χ2v) is 5.52. The summed E-state index contributed by atoms with van der Waals surface area (Å²) in [6, 6.07) is 14.1. The highest BCUT2D eigenvalue weighted by Gasteiger charge is 2.27. The van der Waals surface area contributed by atoms with Crippen molar-refractivity contribution < 1.29 is 4.79 Å². The second-order valence-electron chi connectivity index (χ2n) is 5.52. The van der Waals surface area contributed by atoms with Crippen molar-refractivity contribution in [2.45, 2.75) is 26.3 Å². The third kappa shape index (κ3) is 2.27. The molecule has 0 bridgehead atoms. The van der Waals surface area contributed by atoms with Crippen LogP contribution >= 0.6 is 0 Å². The van der Waals surface area contributed by atoms with Gasteiger partial charge >= 0.3 is 0 Å². The molecule has 102 valence electrons. The Morgan fingerprint density at radius 3 is 2.80 bits per heavy atom. The Morgan fingerprint density at radius 1 is 1.15 bits per heavy atom. The molecule has 0 aliphatic carbocycles. The molecule has 0 fully saturated rings. The maximum absolute atomic E-state index is 12.9. The van der Waals surface area contributed by atoms with Crippen LogP contribution in [-0.4, -0.2) is 12.3 Å². The van der Waals surface area contributed by atoms with Crippen LogP contribution in [0.1, 0.15) is 38.7 Å².